The van der Waals surface area contributed by atoms with Crippen molar-refractivity contribution < 1.29 is 0 Å². The molecule has 0 fully saturated rings. The quantitative estimate of drug-likeness (QED) is 0.856. The van der Waals surface area contributed by atoms with Crippen LogP contribution in [0.2, 0.25) is 0 Å². The van der Waals surface area contributed by atoms with Crippen LogP contribution in [-0.4, -0.2) is 19.5 Å². The number of nitrogens with zero attached hydrogens (tertiary/aromatic N) is 2. The minimum absolute atomic E-state index is 0.388. The van der Waals surface area contributed by atoms with Crippen LogP contribution >= 0.6 is 0 Å². The van der Waals surface area contributed by atoms with Gasteiger partial charge in [0.05, 0.1) is 0 Å². The lowest BCUT2D eigenvalue weighted by molar-refractivity contribution is 0.577. The molecule has 0 radical (unpaired) electrons. The van der Waals surface area contributed by atoms with Gasteiger partial charge in [-0.25, -0.2) is 9.78 Å². The van der Waals surface area contributed by atoms with E-state index in [1.807, 2.05) is 6.92 Å². The zero-order valence-electron chi connectivity index (χ0n) is 11.6. The maximum atomic E-state index is 11.8. The van der Waals surface area contributed by atoms with Gasteiger partial charge in [0.25, 0.3) is 5.56 Å². The molecule has 104 valence electrons. The van der Waals surface area contributed by atoms with Crippen molar-refractivity contribution in [1.82, 2.24) is 19.5 Å². The van der Waals surface area contributed by atoms with E-state index in [0.29, 0.717) is 23.6 Å². The predicted molar refractivity (Wildman–Crippen MR) is 74.4 cm³/mol. The van der Waals surface area contributed by atoms with Crippen LogP contribution in [0.25, 0.3) is 11.2 Å². The minimum atomic E-state index is -0.393. The van der Waals surface area contributed by atoms with Crippen LogP contribution in [0.4, 0.5) is 0 Å². The lowest BCUT2D eigenvalue weighted by Crippen LogP contribution is -2.30. The summed E-state index contributed by atoms with van der Waals surface area (Å²) in [7, 11) is 0. The Hall–Kier alpha value is -1.85. The standard InChI is InChI=1S/C13H20N4O2/c1-4-7-17-11-10(12(18)16-13(17)19)14-9(15-11)6-5-8(2)3/h8H,4-7H2,1-3H3,(H,14,15)(H,16,18,19). The molecule has 6 nitrogen and oxygen atoms in total. The van der Waals surface area contributed by atoms with E-state index in [0.717, 1.165) is 25.1 Å². The Bertz CT molecular complexity index is 678. The molecule has 0 bridgehead atoms. The number of aromatic nitrogens is 4. The molecule has 0 spiro atoms. The summed E-state index contributed by atoms with van der Waals surface area (Å²) in [5.41, 5.74) is 0.0815. The number of imidazole rings is 1. The average Bonchev–Trinajstić information content (AvgIpc) is 2.76. The Labute approximate surface area is 110 Å². The first kappa shape index (κ1) is 13.6. The second kappa shape index (κ2) is 5.42. The fraction of sp³-hybridized carbons (Fsp3) is 0.615. The topological polar surface area (TPSA) is 83.5 Å². The van der Waals surface area contributed by atoms with E-state index < -0.39 is 5.56 Å². The first-order valence-corrected chi connectivity index (χ1v) is 6.74. The van der Waals surface area contributed by atoms with Gasteiger partial charge in [-0.05, 0) is 18.8 Å². The van der Waals surface area contributed by atoms with Crippen molar-refractivity contribution in [2.24, 2.45) is 5.92 Å². The van der Waals surface area contributed by atoms with Gasteiger partial charge in [-0.1, -0.05) is 20.8 Å². The number of rotatable bonds is 5. The van der Waals surface area contributed by atoms with E-state index in [-0.39, 0.29) is 5.69 Å². The Balaban J connectivity index is 2.51. The van der Waals surface area contributed by atoms with Crippen molar-refractivity contribution in [3.05, 3.63) is 26.7 Å². The monoisotopic (exact) mass is 264 g/mol. The third-order valence-electron chi connectivity index (χ3n) is 3.09. The molecule has 0 saturated heterocycles. The summed E-state index contributed by atoms with van der Waals surface area (Å²) in [6.07, 6.45) is 2.59. The zero-order valence-corrected chi connectivity index (χ0v) is 11.6. The van der Waals surface area contributed by atoms with Crippen molar-refractivity contribution in [3.63, 3.8) is 0 Å². The van der Waals surface area contributed by atoms with Gasteiger partial charge in [-0.3, -0.25) is 14.3 Å². The highest BCUT2D eigenvalue weighted by Gasteiger charge is 2.12. The van der Waals surface area contributed by atoms with Crippen LogP contribution in [0, 0.1) is 5.92 Å². The van der Waals surface area contributed by atoms with E-state index in [1.54, 1.807) is 0 Å². The second-order valence-electron chi connectivity index (χ2n) is 5.23. The largest absolute Gasteiger partial charge is 0.336 e. The van der Waals surface area contributed by atoms with E-state index in [4.69, 9.17) is 0 Å². The summed E-state index contributed by atoms with van der Waals surface area (Å²) in [4.78, 5) is 33.3. The molecule has 0 amide bonds. The van der Waals surface area contributed by atoms with Crippen molar-refractivity contribution in [2.75, 3.05) is 0 Å². The number of aromatic amines is 2. The molecule has 0 unspecified atom stereocenters. The molecule has 0 saturated carbocycles. The van der Waals surface area contributed by atoms with Crippen molar-refractivity contribution >= 4 is 11.2 Å². The highest BCUT2D eigenvalue weighted by Crippen LogP contribution is 2.10. The molecule has 0 aliphatic rings. The van der Waals surface area contributed by atoms with Crippen LogP contribution in [0.5, 0.6) is 0 Å². The third-order valence-corrected chi connectivity index (χ3v) is 3.09. The van der Waals surface area contributed by atoms with Crippen LogP contribution in [-0.2, 0) is 13.0 Å². The number of fused-ring (bicyclic) bond motifs is 1. The molecule has 0 aliphatic carbocycles. The molecule has 0 aliphatic heterocycles. The molecule has 2 rings (SSSR count). The Morgan fingerprint density at radius 3 is 2.63 bits per heavy atom. The zero-order chi connectivity index (χ0) is 14.0. The van der Waals surface area contributed by atoms with Gasteiger partial charge in [0.1, 0.15) is 11.3 Å². The normalized spacial score (nSPS) is 11.6. The lowest BCUT2D eigenvalue weighted by atomic mass is 10.1. The van der Waals surface area contributed by atoms with Crippen LogP contribution in [0.1, 0.15) is 39.4 Å². The Morgan fingerprint density at radius 2 is 2.00 bits per heavy atom. The van der Waals surface area contributed by atoms with Crippen LogP contribution in [0.15, 0.2) is 9.59 Å². The number of hydrogen-bond donors (Lipinski definition) is 2. The van der Waals surface area contributed by atoms with Gasteiger partial charge in [-0.15, -0.1) is 0 Å². The molecule has 2 aromatic rings. The van der Waals surface area contributed by atoms with Crippen LogP contribution in [0.3, 0.4) is 0 Å². The molecule has 2 aromatic heterocycles. The van der Waals surface area contributed by atoms with E-state index in [2.05, 4.69) is 28.8 Å². The number of nitrogens with one attached hydrogen (secondary N) is 2. The number of hydrogen-bond acceptors (Lipinski definition) is 3. The first-order valence-electron chi connectivity index (χ1n) is 6.74. The van der Waals surface area contributed by atoms with Crippen molar-refractivity contribution in [2.45, 2.75) is 46.6 Å². The number of H-pyrrole nitrogens is 2. The van der Waals surface area contributed by atoms with Gasteiger partial charge in [-0.2, -0.15) is 0 Å². The summed E-state index contributed by atoms with van der Waals surface area (Å²) in [5, 5.41) is 0. The molecule has 6 heteroatoms. The minimum Gasteiger partial charge on any atom is -0.336 e. The molecular formula is C13H20N4O2. The maximum absolute atomic E-state index is 11.8. The second-order valence-corrected chi connectivity index (χ2v) is 5.23. The van der Waals surface area contributed by atoms with E-state index in [9.17, 15) is 9.59 Å². The highest BCUT2D eigenvalue weighted by atomic mass is 16.2. The fourth-order valence-corrected chi connectivity index (χ4v) is 2.06. The fourth-order valence-electron chi connectivity index (χ4n) is 2.06. The summed E-state index contributed by atoms with van der Waals surface area (Å²) >= 11 is 0. The third kappa shape index (κ3) is 2.77. The Kier molecular flexibility index (Phi) is 3.87. The SMILES string of the molecule is CCCn1c(=O)[nH]c(=O)c2[nH]c(CCC(C)C)nc21. The molecule has 2 N–H and O–H groups in total. The van der Waals surface area contributed by atoms with E-state index in [1.165, 1.54) is 4.57 Å². The molecule has 2 heterocycles. The Morgan fingerprint density at radius 1 is 1.26 bits per heavy atom. The van der Waals surface area contributed by atoms with E-state index >= 15 is 0 Å². The highest BCUT2D eigenvalue weighted by molar-refractivity contribution is 5.69. The average molecular weight is 264 g/mol. The predicted octanol–water partition coefficient (Wildman–Crippen LogP) is 1.41. The summed E-state index contributed by atoms with van der Waals surface area (Å²) in [6, 6.07) is 0. The number of aryl methyl sites for hydroxylation is 2. The van der Waals surface area contributed by atoms with Gasteiger partial charge in [0, 0.05) is 13.0 Å². The van der Waals surface area contributed by atoms with Gasteiger partial charge >= 0.3 is 5.69 Å². The molecule has 0 atom stereocenters. The van der Waals surface area contributed by atoms with Gasteiger partial charge in [0.15, 0.2) is 5.65 Å². The van der Waals surface area contributed by atoms with Crippen LogP contribution < -0.4 is 11.2 Å². The van der Waals surface area contributed by atoms with Gasteiger partial charge in [0.2, 0.25) is 0 Å². The lowest BCUT2D eigenvalue weighted by Gasteiger charge is -2.02. The maximum Gasteiger partial charge on any atom is 0.330 e. The summed E-state index contributed by atoms with van der Waals surface area (Å²) < 4.78 is 1.52. The first-order chi connectivity index (χ1) is 9.02. The molecule has 0 aromatic carbocycles. The van der Waals surface area contributed by atoms with Crippen molar-refractivity contribution in [3.8, 4) is 0 Å². The summed E-state index contributed by atoms with van der Waals surface area (Å²) in [5.74, 6) is 1.34. The summed E-state index contributed by atoms with van der Waals surface area (Å²) in [6.45, 7) is 6.82. The molecular weight excluding hydrogens is 244 g/mol. The smallest absolute Gasteiger partial charge is 0.330 e. The van der Waals surface area contributed by atoms with Gasteiger partial charge < -0.3 is 4.98 Å². The molecule has 19 heavy (non-hydrogen) atoms. The van der Waals surface area contributed by atoms with Crippen molar-refractivity contribution in [1.29, 1.82) is 0 Å².